The zero-order chi connectivity index (χ0) is 10.9. The highest BCUT2D eigenvalue weighted by Gasteiger charge is 2.34. The van der Waals surface area contributed by atoms with E-state index in [1.165, 1.54) is 17.6 Å². The molecule has 0 unspecified atom stereocenters. The van der Waals surface area contributed by atoms with Crippen molar-refractivity contribution in [2.45, 2.75) is 33.6 Å². The highest BCUT2D eigenvalue weighted by molar-refractivity contribution is 5.21. The third-order valence-corrected chi connectivity index (χ3v) is 3.95. The standard InChI is InChI=1S/C14H19N/c1-11-6-7-13(14(11,2)3)9-12-5-4-8-15-10-12/h4-6,8,10,13H,7,9H2,1-3H3/t13-/m0/s1. The lowest BCUT2D eigenvalue weighted by Gasteiger charge is -2.29. The second kappa shape index (κ2) is 3.80. The number of aromatic nitrogens is 1. The van der Waals surface area contributed by atoms with Gasteiger partial charge in [-0.05, 0) is 42.7 Å². The van der Waals surface area contributed by atoms with Crippen molar-refractivity contribution in [3.05, 3.63) is 41.7 Å². The normalized spacial score (nSPS) is 23.9. The van der Waals surface area contributed by atoms with Crippen LogP contribution in [-0.4, -0.2) is 4.98 Å². The lowest BCUT2D eigenvalue weighted by Crippen LogP contribution is -2.22. The van der Waals surface area contributed by atoms with Crippen molar-refractivity contribution in [3.8, 4) is 0 Å². The van der Waals surface area contributed by atoms with Gasteiger partial charge in [-0.2, -0.15) is 0 Å². The van der Waals surface area contributed by atoms with Gasteiger partial charge < -0.3 is 0 Å². The fourth-order valence-electron chi connectivity index (χ4n) is 2.34. The average Bonchev–Trinajstić information content (AvgIpc) is 2.47. The van der Waals surface area contributed by atoms with Gasteiger partial charge in [0.2, 0.25) is 0 Å². The molecule has 0 radical (unpaired) electrons. The second-order valence-corrected chi connectivity index (χ2v) is 5.11. The van der Waals surface area contributed by atoms with E-state index < -0.39 is 0 Å². The predicted octanol–water partition coefficient (Wildman–Crippen LogP) is 3.62. The monoisotopic (exact) mass is 201 g/mol. The molecule has 0 fully saturated rings. The Balaban J connectivity index is 2.10. The molecule has 1 heterocycles. The zero-order valence-corrected chi connectivity index (χ0v) is 9.83. The second-order valence-electron chi connectivity index (χ2n) is 5.11. The summed E-state index contributed by atoms with van der Waals surface area (Å²) >= 11 is 0. The number of rotatable bonds is 2. The minimum atomic E-state index is 0.357. The van der Waals surface area contributed by atoms with Gasteiger partial charge in [-0.15, -0.1) is 0 Å². The van der Waals surface area contributed by atoms with Crippen molar-refractivity contribution in [2.75, 3.05) is 0 Å². The SMILES string of the molecule is CC1=CC[C@@H](Cc2cccnc2)C1(C)C. The average molecular weight is 201 g/mol. The summed E-state index contributed by atoms with van der Waals surface area (Å²) in [5.41, 5.74) is 3.26. The summed E-state index contributed by atoms with van der Waals surface area (Å²) in [6.45, 7) is 6.96. The molecule has 2 rings (SSSR count). The topological polar surface area (TPSA) is 12.9 Å². The third-order valence-electron chi connectivity index (χ3n) is 3.95. The van der Waals surface area contributed by atoms with Crippen LogP contribution in [0.4, 0.5) is 0 Å². The Morgan fingerprint density at radius 2 is 2.27 bits per heavy atom. The van der Waals surface area contributed by atoms with E-state index in [9.17, 15) is 0 Å². The van der Waals surface area contributed by atoms with Crippen molar-refractivity contribution in [2.24, 2.45) is 11.3 Å². The Bertz CT molecular complexity index is 362. The van der Waals surface area contributed by atoms with Crippen molar-refractivity contribution in [1.29, 1.82) is 0 Å². The van der Waals surface area contributed by atoms with Crippen LogP contribution in [0.15, 0.2) is 36.2 Å². The van der Waals surface area contributed by atoms with Gasteiger partial charge in [0.05, 0.1) is 0 Å². The van der Waals surface area contributed by atoms with Gasteiger partial charge in [-0.25, -0.2) is 0 Å². The van der Waals surface area contributed by atoms with Gasteiger partial charge in [-0.3, -0.25) is 4.98 Å². The van der Waals surface area contributed by atoms with Crippen LogP contribution in [0.3, 0.4) is 0 Å². The van der Waals surface area contributed by atoms with Gasteiger partial charge in [0.15, 0.2) is 0 Å². The third kappa shape index (κ3) is 1.97. The van der Waals surface area contributed by atoms with Crippen molar-refractivity contribution in [1.82, 2.24) is 4.98 Å². The molecule has 0 aromatic carbocycles. The molecule has 80 valence electrons. The van der Waals surface area contributed by atoms with Gasteiger partial charge in [0.1, 0.15) is 0 Å². The Labute approximate surface area is 92.2 Å². The Kier molecular flexibility index (Phi) is 2.64. The van der Waals surface area contributed by atoms with Crippen LogP contribution in [-0.2, 0) is 6.42 Å². The highest BCUT2D eigenvalue weighted by atomic mass is 14.6. The van der Waals surface area contributed by atoms with Crippen molar-refractivity contribution >= 4 is 0 Å². The maximum absolute atomic E-state index is 4.18. The molecule has 0 saturated carbocycles. The summed E-state index contributed by atoms with van der Waals surface area (Å²) < 4.78 is 0. The van der Waals surface area contributed by atoms with E-state index in [1.807, 2.05) is 18.5 Å². The predicted molar refractivity (Wildman–Crippen MR) is 63.6 cm³/mol. The lowest BCUT2D eigenvalue weighted by atomic mass is 9.75. The molecular formula is C14H19N. The first-order chi connectivity index (χ1) is 7.10. The molecule has 1 aliphatic carbocycles. The van der Waals surface area contributed by atoms with Gasteiger partial charge in [0, 0.05) is 12.4 Å². The maximum Gasteiger partial charge on any atom is 0.0299 e. The number of pyridine rings is 1. The van der Waals surface area contributed by atoms with Crippen molar-refractivity contribution in [3.63, 3.8) is 0 Å². The molecular weight excluding hydrogens is 182 g/mol. The summed E-state index contributed by atoms with van der Waals surface area (Å²) in [5.74, 6) is 0.738. The quantitative estimate of drug-likeness (QED) is 0.666. The molecule has 0 spiro atoms. The molecule has 1 aromatic rings. The van der Waals surface area contributed by atoms with Crippen LogP contribution in [0.5, 0.6) is 0 Å². The first-order valence-corrected chi connectivity index (χ1v) is 5.67. The van der Waals surface area contributed by atoms with Crippen LogP contribution in [0.1, 0.15) is 32.8 Å². The largest absolute Gasteiger partial charge is 0.264 e. The molecule has 0 amide bonds. The molecule has 0 saturated heterocycles. The van der Waals surface area contributed by atoms with Gasteiger partial charge in [0.25, 0.3) is 0 Å². The summed E-state index contributed by atoms with van der Waals surface area (Å²) in [6, 6.07) is 4.20. The first kappa shape index (κ1) is 10.4. The molecule has 1 aliphatic rings. The molecule has 0 N–H and O–H groups in total. The van der Waals surface area contributed by atoms with Crippen LogP contribution in [0, 0.1) is 11.3 Å². The van der Waals surface area contributed by atoms with Crippen molar-refractivity contribution < 1.29 is 0 Å². The summed E-state index contributed by atoms with van der Waals surface area (Å²) in [5, 5.41) is 0. The Morgan fingerprint density at radius 3 is 2.80 bits per heavy atom. The van der Waals surface area contributed by atoms with E-state index in [4.69, 9.17) is 0 Å². The maximum atomic E-state index is 4.18. The van der Waals surface area contributed by atoms with E-state index in [1.54, 1.807) is 0 Å². The Morgan fingerprint density at radius 1 is 1.47 bits per heavy atom. The number of allylic oxidation sites excluding steroid dienone is 2. The fraction of sp³-hybridized carbons (Fsp3) is 0.500. The number of hydrogen-bond acceptors (Lipinski definition) is 1. The number of hydrogen-bond donors (Lipinski definition) is 0. The molecule has 0 bridgehead atoms. The van der Waals surface area contributed by atoms with E-state index in [-0.39, 0.29) is 0 Å². The number of nitrogens with zero attached hydrogens (tertiary/aromatic N) is 1. The smallest absolute Gasteiger partial charge is 0.0299 e. The molecule has 0 aliphatic heterocycles. The van der Waals surface area contributed by atoms with E-state index in [0.717, 1.165) is 12.3 Å². The molecule has 15 heavy (non-hydrogen) atoms. The first-order valence-electron chi connectivity index (χ1n) is 5.67. The summed E-state index contributed by atoms with van der Waals surface area (Å²) in [4.78, 5) is 4.18. The highest BCUT2D eigenvalue weighted by Crippen LogP contribution is 2.44. The summed E-state index contributed by atoms with van der Waals surface area (Å²) in [6.07, 6.45) is 8.58. The van der Waals surface area contributed by atoms with E-state index in [2.05, 4.69) is 37.9 Å². The van der Waals surface area contributed by atoms with Crippen LogP contribution >= 0.6 is 0 Å². The fourth-order valence-corrected chi connectivity index (χ4v) is 2.34. The van der Waals surface area contributed by atoms with Crippen LogP contribution < -0.4 is 0 Å². The molecule has 1 aromatic heterocycles. The van der Waals surface area contributed by atoms with Gasteiger partial charge >= 0.3 is 0 Å². The minimum absolute atomic E-state index is 0.357. The molecule has 1 heteroatoms. The summed E-state index contributed by atoms with van der Waals surface area (Å²) in [7, 11) is 0. The molecule has 1 atom stereocenters. The lowest BCUT2D eigenvalue weighted by molar-refractivity contribution is 0.290. The zero-order valence-electron chi connectivity index (χ0n) is 9.83. The van der Waals surface area contributed by atoms with E-state index in [0.29, 0.717) is 5.41 Å². The van der Waals surface area contributed by atoms with Gasteiger partial charge in [-0.1, -0.05) is 31.6 Å². The van der Waals surface area contributed by atoms with Crippen LogP contribution in [0.2, 0.25) is 0 Å². The minimum Gasteiger partial charge on any atom is -0.264 e. The Hall–Kier alpha value is -1.11. The van der Waals surface area contributed by atoms with E-state index >= 15 is 0 Å². The molecule has 1 nitrogen and oxygen atoms in total. The van der Waals surface area contributed by atoms with Crippen LogP contribution in [0.25, 0.3) is 0 Å².